The molecule has 0 heterocycles. The number of nitrogens with zero attached hydrogens (tertiary/aromatic N) is 1. The normalized spacial score (nSPS) is 10.3. The number of nitrogens with two attached hydrogens (primary N) is 1. The molecule has 1 aromatic rings. The Balaban J connectivity index is 2.65. The van der Waals surface area contributed by atoms with Crippen molar-refractivity contribution in [1.29, 1.82) is 0 Å². The zero-order valence-electron chi connectivity index (χ0n) is 9.25. The van der Waals surface area contributed by atoms with E-state index >= 15 is 0 Å². The molecule has 0 unspecified atom stereocenters. The standard InChI is InChI=1S/C12H19FN2/c1-2-9-15(10-3-8-14)12-6-4-11(13)5-7-12/h4-7H,2-3,8-10,14H2,1H3. The number of anilines is 1. The second-order valence-corrected chi connectivity index (χ2v) is 3.61. The van der Waals surface area contributed by atoms with E-state index in [1.54, 1.807) is 0 Å². The van der Waals surface area contributed by atoms with Gasteiger partial charge in [-0.2, -0.15) is 0 Å². The monoisotopic (exact) mass is 210 g/mol. The topological polar surface area (TPSA) is 29.3 Å². The van der Waals surface area contributed by atoms with Crippen LogP contribution in [0.3, 0.4) is 0 Å². The Kier molecular flexibility index (Phi) is 5.12. The average molecular weight is 210 g/mol. The molecule has 0 aliphatic heterocycles. The molecule has 0 radical (unpaired) electrons. The lowest BCUT2D eigenvalue weighted by molar-refractivity contribution is 0.627. The van der Waals surface area contributed by atoms with E-state index in [-0.39, 0.29) is 5.82 Å². The van der Waals surface area contributed by atoms with Crippen LogP contribution in [-0.4, -0.2) is 19.6 Å². The van der Waals surface area contributed by atoms with E-state index in [9.17, 15) is 4.39 Å². The molecule has 0 bridgehead atoms. The predicted octanol–water partition coefficient (Wildman–Crippen LogP) is 2.39. The molecule has 15 heavy (non-hydrogen) atoms. The van der Waals surface area contributed by atoms with E-state index in [1.807, 2.05) is 12.1 Å². The molecular formula is C12H19FN2. The number of hydrogen-bond acceptors (Lipinski definition) is 2. The van der Waals surface area contributed by atoms with Crippen molar-refractivity contribution in [2.45, 2.75) is 19.8 Å². The number of benzene rings is 1. The van der Waals surface area contributed by atoms with Crippen LogP contribution in [0.2, 0.25) is 0 Å². The SMILES string of the molecule is CCCN(CCCN)c1ccc(F)cc1. The number of halogens is 1. The summed E-state index contributed by atoms with van der Waals surface area (Å²) in [6.07, 6.45) is 2.05. The van der Waals surface area contributed by atoms with Gasteiger partial charge in [0.25, 0.3) is 0 Å². The van der Waals surface area contributed by atoms with Crippen LogP contribution in [0.5, 0.6) is 0 Å². The van der Waals surface area contributed by atoms with Gasteiger partial charge in [-0.3, -0.25) is 0 Å². The Morgan fingerprint density at radius 3 is 2.40 bits per heavy atom. The lowest BCUT2D eigenvalue weighted by atomic mass is 10.2. The number of rotatable bonds is 6. The first-order valence-electron chi connectivity index (χ1n) is 5.48. The molecule has 1 rings (SSSR count). The Bertz CT molecular complexity index is 271. The maximum atomic E-state index is 12.7. The smallest absolute Gasteiger partial charge is 0.123 e. The highest BCUT2D eigenvalue weighted by Crippen LogP contribution is 2.15. The summed E-state index contributed by atoms with van der Waals surface area (Å²) in [4.78, 5) is 2.24. The summed E-state index contributed by atoms with van der Waals surface area (Å²) in [6, 6.07) is 6.64. The van der Waals surface area contributed by atoms with Gasteiger partial charge in [0, 0.05) is 18.8 Å². The molecule has 1 aromatic carbocycles. The Hall–Kier alpha value is -1.09. The fraction of sp³-hybridized carbons (Fsp3) is 0.500. The summed E-state index contributed by atoms with van der Waals surface area (Å²) in [7, 11) is 0. The van der Waals surface area contributed by atoms with Gasteiger partial charge in [0.15, 0.2) is 0 Å². The maximum Gasteiger partial charge on any atom is 0.123 e. The molecule has 0 atom stereocenters. The highest BCUT2D eigenvalue weighted by molar-refractivity contribution is 5.46. The third kappa shape index (κ3) is 3.88. The largest absolute Gasteiger partial charge is 0.371 e. The molecule has 2 N–H and O–H groups in total. The molecule has 2 nitrogen and oxygen atoms in total. The van der Waals surface area contributed by atoms with Crippen LogP contribution >= 0.6 is 0 Å². The molecule has 0 fully saturated rings. The Labute approximate surface area is 90.9 Å². The van der Waals surface area contributed by atoms with Crippen LogP contribution in [0.1, 0.15) is 19.8 Å². The maximum absolute atomic E-state index is 12.7. The van der Waals surface area contributed by atoms with Crippen molar-refractivity contribution >= 4 is 5.69 Å². The zero-order chi connectivity index (χ0) is 11.1. The highest BCUT2D eigenvalue weighted by atomic mass is 19.1. The van der Waals surface area contributed by atoms with E-state index in [4.69, 9.17) is 5.73 Å². The minimum Gasteiger partial charge on any atom is -0.371 e. The number of hydrogen-bond donors (Lipinski definition) is 1. The third-order valence-corrected chi connectivity index (χ3v) is 2.32. The average Bonchev–Trinajstić information content (AvgIpc) is 2.25. The summed E-state index contributed by atoms with van der Waals surface area (Å²) in [5.41, 5.74) is 6.56. The molecular weight excluding hydrogens is 191 g/mol. The molecule has 0 aromatic heterocycles. The first kappa shape index (κ1) is 12.0. The predicted molar refractivity (Wildman–Crippen MR) is 62.6 cm³/mol. The van der Waals surface area contributed by atoms with Crippen LogP contribution in [0.15, 0.2) is 24.3 Å². The van der Waals surface area contributed by atoms with Gasteiger partial charge in [-0.05, 0) is 43.7 Å². The van der Waals surface area contributed by atoms with Crippen molar-refractivity contribution in [2.75, 3.05) is 24.5 Å². The van der Waals surface area contributed by atoms with Crippen LogP contribution in [-0.2, 0) is 0 Å². The highest BCUT2D eigenvalue weighted by Gasteiger charge is 2.04. The molecule has 0 saturated heterocycles. The lowest BCUT2D eigenvalue weighted by Crippen LogP contribution is -2.26. The van der Waals surface area contributed by atoms with Crippen molar-refractivity contribution in [2.24, 2.45) is 5.73 Å². The van der Waals surface area contributed by atoms with Gasteiger partial charge in [0.05, 0.1) is 0 Å². The van der Waals surface area contributed by atoms with Gasteiger partial charge >= 0.3 is 0 Å². The van der Waals surface area contributed by atoms with E-state index in [0.29, 0.717) is 6.54 Å². The van der Waals surface area contributed by atoms with E-state index in [1.165, 1.54) is 12.1 Å². The second-order valence-electron chi connectivity index (χ2n) is 3.61. The van der Waals surface area contributed by atoms with E-state index < -0.39 is 0 Å². The molecule has 0 aliphatic rings. The zero-order valence-corrected chi connectivity index (χ0v) is 9.25. The van der Waals surface area contributed by atoms with Crippen molar-refractivity contribution < 1.29 is 4.39 Å². The summed E-state index contributed by atoms with van der Waals surface area (Å²) in [5.74, 6) is -0.186. The molecule has 84 valence electrons. The van der Waals surface area contributed by atoms with Crippen molar-refractivity contribution in [3.63, 3.8) is 0 Å². The molecule has 0 spiro atoms. The molecule has 0 saturated carbocycles. The molecule has 0 amide bonds. The van der Waals surface area contributed by atoms with Crippen LogP contribution in [0.25, 0.3) is 0 Å². The summed E-state index contributed by atoms with van der Waals surface area (Å²) in [6.45, 7) is 4.77. The first-order valence-corrected chi connectivity index (χ1v) is 5.48. The van der Waals surface area contributed by atoms with Crippen molar-refractivity contribution in [3.8, 4) is 0 Å². The molecule has 3 heteroatoms. The fourth-order valence-corrected chi connectivity index (χ4v) is 1.57. The van der Waals surface area contributed by atoms with Crippen LogP contribution in [0, 0.1) is 5.82 Å². The van der Waals surface area contributed by atoms with Gasteiger partial charge in [0.2, 0.25) is 0 Å². The van der Waals surface area contributed by atoms with Gasteiger partial charge < -0.3 is 10.6 Å². The summed E-state index contributed by atoms with van der Waals surface area (Å²) < 4.78 is 12.7. The van der Waals surface area contributed by atoms with Crippen molar-refractivity contribution in [1.82, 2.24) is 0 Å². The minimum atomic E-state index is -0.186. The van der Waals surface area contributed by atoms with Gasteiger partial charge in [-0.1, -0.05) is 6.92 Å². The quantitative estimate of drug-likeness (QED) is 0.781. The first-order chi connectivity index (χ1) is 7.27. The Morgan fingerprint density at radius 1 is 1.20 bits per heavy atom. The summed E-state index contributed by atoms with van der Waals surface area (Å²) >= 11 is 0. The van der Waals surface area contributed by atoms with Gasteiger partial charge in [-0.15, -0.1) is 0 Å². The van der Waals surface area contributed by atoms with Gasteiger partial charge in [-0.25, -0.2) is 4.39 Å². The lowest BCUT2D eigenvalue weighted by Gasteiger charge is -2.24. The van der Waals surface area contributed by atoms with Crippen LogP contribution in [0.4, 0.5) is 10.1 Å². The Morgan fingerprint density at radius 2 is 1.87 bits per heavy atom. The molecule has 0 aliphatic carbocycles. The summed E-state index contributed by atoms with van der Waals surface area (Å²) in [5, 5.41) is 0. The fourth-order valence-electron chi connectivity index (χ4n) is 1.57. The second kappa shape index (κ2) is 6.40. The van der Waals surface area contributed by atoms with E-state index in [2.05, 4.69) is 11.8 Å². The third-order valence-electron chi connectivity index (χ3n) is 2.32. The minimum absolute atomic E-state index is 0.186. The van der Waals surface area contributed by atoms with Crippen molar-refractivity contribution in [3.05, 3.63) is 30.1 Å². The van der Waals surface area contributed by atoms with Gasteiger partial charge in [0.1, 0.15) is 5.82 Å². The van der Waals surface area contributed by atoms with E-state index in [0.717, 1.165) is 31.6 Å². The van der Waals surface area contributed by atoms with Crippen LogP contribution < -0.4 is 10.6 Å².